The summed E-state index contributed by atoms with van der Waals surface area (Å²) in [6.45, 7) is -0.876. The molecule has 0 aliphatic carbocycles. The molecule has 1 aliphatic heterocycles. The number of H-pyrrole nitrogens is 1. The van der Waals surface area contributed by atoms with Crippen LogP contribution in [0.4, 0.5) is 0 Å². The first-order chi connectivity index (χ1) is 12.7. The third-order valence-corrected chi connectivity index (χ3v) is 6.99. The molecule has 0 bridgehead atoms. The van der Waals surface area contributed by atoms with Crippen LogP contribution in [0.3, 0.4) is 0 Å². The van der Waals surface area contributed by atoms with Gasteiger partial charge in [-0.3, -0.25) is 18.9 Å². The zero-order chi connectivity index (χ0) is 21.3. The summed E-state index contributed by atoms with van der Waals surface area (Å²) in [6, 6.07) is 1.02. The number of hydrogen-bond acceptors (Lipinski definition) is 10. The van der Waals surface area contributed by atoms with E-state index < -0.39 is 59.8 Å². The van der Waals surface area contributed by atoms with Crippen molar-refractivity contribution in [3.8, 4) is 0 Å². The Morgan fingerprint density at radius 3 is 2.23 bits per heavy atom. The molecule has 2 heterocycles. The molecule has 0 radical (unpaired) electrons. The van der Waals surface area contributed by atoms with Crippen molar-refractivity contribution >= 4 is 23.5 Å². The molecule has 2 rings (SSSR count). The van der Waals surface area contributed by atoms with Crippen LogP contribution in [-0.4, -0.2) is 53.0 Å². The molecule has 0 saturated carbocycles. The van der Waals surface area contributed by atoms with Gasteiger partial charge in [-0.15, -0.1) is 0 Å². The molecule has 0 amide bonds. The first kappa shape index (κ1) is 31.0. The van der Waals surface area contributed by atoms with Gasteiger partial charge in [0, 0.05) is 18.7 Å². The molecule has 16 nitrogen and oxygen atoms in total. The van der Waals surface area contributed by atoms with Crippen molar-refractivity contribution in [3.05, 3.63) is 33.1 Å². The summed E-state index contributed by atoms with van der Waals surface area (Å²) in [5, 5.41) is 9.91. The predicted octanol–water partition coefficient (Wildman–Crippen LogP) is -7.46. The molecule has 1 saturated heterocycles. The van der Waals surface area contributed by atoms with Crippen molar-refractivity contribution in [3.63, 3.8) is 0 Å². The number of aliphatic hydroxyl groups is 1. The van der Waals surface area contributed by atoms with Crippen molar-refractivity contribution in [2.75, 3.05) is 6.61 Å². The van der Waals surface area contributed by atoms with Gasteiger partial charge in [0.05, 0.1) is 12.7 Å². The van der Waals surface area contributed by atoms with Gasteiger partial charge in [-0.25, -0.2) is 18.5 Å². The SMILES string of the molecule is O=c1ccn([C@H]2C[C@H](O)[C@@H](COP(=O)(O)OP(=O)(O)OP(=O)(O)O)O2)c(=O)[nH]1.[Na+].[Na+]. The Balaban J connectivity index is 0.00000420. The van der Waals surface area contributed by atoms with Crippen LogP contribution < -0.4 is 70.4 Å². The van der Waals surface area contributed by atoms with Crippen LogP contribution in [0.1, 0.15) is 12.6 Å². The number of ether oxygens (including phenoxy) is 1. The number of phosphoric acid groups is 3. The molecular weight excluding hydrogens is 499 g/mol. The summed E-state index contributed by atoms with van der Waals surface area (Å²) in [5.74, 6) is 0. The van der Waals surface area contributed by atoms with Crippen molar-refractivity contribution in [2.45, 2.75) is 24.9 Å². The molecule has 1 aromatic rings. The fourth-order valence-electron chi connectivity index (χ4n) is 2.16. The topological polar surface area (TPSA) is 244 Å². The largest absolute Gasteiger partial charge is 1.00 e. The third kappa shape index (κ3) is 9.87. The molecule has 0 spiro atoms. The van der Waals surface area contributed by atoms with Gasteiger partial charge < -0.3 is 29.4 Å². The summed E-state index contributed by atoms with van der Waals surface area (Å²) < 4.78 is 51.0. The molecule has 6 N–H and O–H groups in total. The van der Waals surface area contributed by atoms with Gasteiger partial charge in [-0.2, -0.15) is 8.62 Å². The van der Waals surface area contributed by atoms with Crippen LogP contribution in [0.5, 0.6) is 0 Å². The van der Waals surface area contributed by atoms with E-state index in [0.717, 1.165) is 16.8 Å². The molecule has 30 heavy (non-hydrogen) atoms. The first-order valence-corrected chi connectivity index (χ1v) is 11.6. The van der Waals surface area contributed by atoms with E-state index in [1.165, 1.54) is 0 Å². The molecule has 1 aromatic heterocycles. The van der Waals surface area contributed by atoms with E-state index in [1.807, 2.05) is 4.98 Å². The van der Waals surface area contributed by atoms with E-state index in [1.54, 1.807) is 0 Å². The Labute approximate surface area is 211 Å². The summed E-state index contributed by atoms with van der Waals surface area (Å²) in [6.07, 6.45) is -2.74. The third-order valence-electron chi connectivity index (χ3n) is 3.18. The van der Waals surface area contributed by atoms with Crippen LogP contribution in [0.2, 0.25) is 0 Å². The normalized spacial score (nSPS) is 25.4. The maximum absolute atomic E-state index is 11.7. The number of nitrogens with zero attached hydrogens (tertiary/aromatic N) is 1. The summed E-state index contributed by atoms with van der Waals surface area (Å²) in [7, 11) is -16.6. The van der Waals surface area contributed by atoms with Gasteiger partial charge in [-0.1, -0.05) is 0 Å². The van der Waals surface area contributed by atoms with Gasteiger partial charge in [0.2, 0.25) is 0 Å². The van der Waals surface area contributed by atoms with Gasteiger partial charge >= 0.3 is 88.3 Å². The van der Waals surface area contributed by atoms with Gasteiger partial charge in [0.25, 0.3) is 5.56 Å². The molecule has 1 fully saturated rings. The number of rotatable bonds is 8. The van der Waals surface area contributed by atoms with Crippen molar-refractivity contribution in [1.82, 2.24) is 9.55 Å². The second-order valence-corrected chi connectivity index (χ2v) is 9.76. The standard InChI is InChI=1S/C9H15N2O14P3.2Na/c12-5-3-8(11-2-1-7(13)10-9(11)14)23-6(5)4-22-27(18,19)25-28(20,21)24-26(15,16)17;;/h1-2,5-6,8,12H,3-4H2,(H,18,19)(H,20,21)(H,10,13,14)(H2,15,16,17);;/q;2*+1/t5-,6+,8+;;/m0../s1. The van der Waals surface area contributed by atoms with Crippen LogP contribution in [0.25, 0.3) is 0 Å². The maximum atomic E-state index is 11.7. The molecule has 160 valence electrons. The minimum absolute atomic E-state index is 0. The smallest absolute Gasteiger partial charge is 0.390 e. The van der Waals surface area contributed by atoms with E-state index in [2.05, 4.69) is 13.1 Å². The van der Waals surface area contributed by atoms with Gasteiger partial charge in [-0.05, 0) is 0 Å². The number of aromatic amines is 1. The summed E-state index contributed by atoms with van der Waals surface area (Å²) >= 11 is 0. The molecule has 21 heteroatoms. The molecular formula is C9H15N2Na2O14P3+2. The first-order valence-electron chi connectivity index (χ1n) is 7.11. The fourth-order valence-corrected chi connectivity index (χ4v) is 5.19. The van der Waals surface area contributed by atoms with E-state index in [9.17, 15) is 33.3 Å². The van der Waals surface area contributed by atoms with E-state index >= 15 is 0 Å². The molecule has 1 aliphatic rings. The average molecular weight is 514 g/mol. The van der Waals surface area contributed by atoms with E-state index in [-0.39, 0.29) is 65.5 Å². The second kappa shape index (κ2) is 11.9. The Hall–Kier alpha value is 1.01. The van der Waals surface area contributed by atoms with Crippen LogP contribution in [0.15, 0.2) is 21.9 Å². The van der Waals surface area contributed by atoms with Crippen molar-refractivity contribution in [1.29, 1.82) is 0 Å². The average Bonchev–Trinajstić information content (AvgIpc) is 2.82. The zero-order valence-electron chi connectivity index (χ0n) is 15.5. The summed E-state index contributed by atoms with van der Waals surface area (Å²) in [5.41, 5.74) is -1.50. The van der Waals surface area contributed by atoms with E-state index in [0.29, 0.717) is 0 Å². The van der Waals surface area contributed by atoms with E-state index in [4.69, 9.17) is 19.4 Å². The molecule has 5 atom stereocenters. The number of hydrogen-bond donors (Lipinski definition) is 6. The van der Waals surface area contributed by atoms with Crippen molar-refractivity contribution in [2.24, 2.45) is 0 Å². The Kier molecular flexibility index (Phi) is 12.3. The second-order valence-electron chi connectivity index (χ2n) is 5.34. The Morgan fingerprint density at radius 2 is 1.70 bits per heavy atom. The number of aromatic nitrogens is 2. The monoisotopic (exact) mass is 514 g/mol. The minimum Gasteiger partial charge on any atom is -0.390 e. The molecule has 2 unspecified atom stereocenters. The predicted molar refractivity (Wildman–Crippen MR) is 85.7 cm³/mol. The number of phosphoric ester groups is 1. The fraction of sp³-hybridized carbons (Fsp3) is 0.556. The minimum atomic E-state index is -5.67. The Morgan fingerprint density at radius 1 is 1.10 bits per heavy atom. The summed E-state index contributed by atoms with van der Waals surface area (Å²) in [4.78, 5) is 60.0. The maximum Gasteiger partial charge on any atom is 1.00 e. The quantitative estimate of drug-likeness (QED) is 0.139. The van der Waals surface area contributed by atoms with Crippen LogP contribution >= 0.6 is 23.5 Å². The van der Waals surface area contributed by atoms with Crippen LogP contribution in [-0.2, 0) is 31.6 Å². The zero-order valence-corrected chi connectivity index (χ0v) is 22.2. The number of nitrogens with one attached hydrogen (secondary N) is 1. The Bertz CT molecular complexity index is 976. The van der Waals surface area contributed by atoms with Gasteiger partial charge in [0.15, 0.2) is 0 Å². The molecule has 0 aromatic carbocycles. The number of aliphatic hydroxyl groups excluding tert-OH is 1. The van der Waals surface area contributed by atoms with Gasteiger partial charge in [0.1, 0.15) is 12.3 Å². The van der Waals surface area contributed by atoms with Crippen molar-refractivity contribution < 1.29 is 115 Å². The van der Waals surface area contributed by atoms with Crippen LogP contribution in [0, 0.1) is 0 Å².